The summed E-state index contributed by atoms with van der Waals surface area (Å²) in [4.78, 5) is 37.5. The Hall–Kier alpha value is -1.93. The summed E-state index contributed by atoms with van der Waals surface area (Å²) in [6.45, 7) is 0.604. The zero-order chi connectivity index (χ0) is 15.2. The lowest BCUT2D eigenvalue weighted by Crippen LogP contribution is -2.55. The molecule has 114 valence electrons. The van der Waals surface area contributed by atoms with Gasteiger partial charge in [0, 0.05) is 6.54 Å². The van der Waals surface area contributed by atoms with Crippen molar-refractivity contribution < 1.29 is 23.9 Å². The summed E-state index contributed by atoms with van der Waals surface area (Å²) in [7, 11) is 1.26. The van der Waals surface area contributed by atoms with Gasteiger partial charge in [-0.05, 0) is 11.4 Å². The predicted octanol–water partition coefficient (Wildman–Crippen LogP) is -0.122. The molecule has 1 aromatic rings. The number of carbonyl (C=O) groups excluding carboxylic acids is 3. The molecule has 0 radical (unpaired) electrons. The second-order valence-electron chi connectivity index (χ2n) is 4.36. The van der Waals surface area contributed by atoms with E-state index in [9.17, 15) is 14.4 Å². The molecule has 1 fully saturated rings. The molecule has 0 aliphatic carbocycles. The van der Waals surface area contributed by atoms with Crippen molar-refractivity contribution in [2.24, 2.45) is 0 Å². The Labute approximate surface area is 125 Å². The molecule has 1 aliphatic rings. The van der Waals surface area contributed by atoms with E-state index in [-0.39, 0.29) is 25.0 Å². The van der Waals surface area contributed by atoms with Crippen molar-refractivity contribution in [3.8, 4) is 0 Å². The Morgan fingerprint density at radius 3 is 3.00 bits per heavy atom. The third-order valence-corrected chi connectivity index (χ3v) is 3.94. The monoisotopic (exact) mass is 312 g/mol. The van der Waals surface area contributed by atoms with Gasteiger partial charge in [0.1, 0.15) is 0 Å². The number of carbonyl (C=O) groups is 3. The standard InChI is InChI=1S/C13H16N2O5S/c1-19-13(18)9-8-20-5-4-15(9)11(16)7-14-12(17)10-3-2-6-21-10/h2-3,6,9H,4-5,7-8H2,1H3,(H,14,17). The third-order valence-electron chi connectivity index (χ3n) is 3.07. The van der Waals surface area contributed by atoms with Crippen LogP contribution in [0.4, 0.5) is 0 Å². The number of amides is 2. The minimum atomic E-state index is -0.755. The Kier molecular flexibility index (Phi) is 5.29. The highest BCUT2D eigenvalue weighted by Gasteiger charge is 2.33. The second kappa shape index (κ2) is 7.19. The van der Waals surface area contributed by atoms with Crippen molar-refractivity contribution in [1.29, 1.82) is 0 Å². The molecule has 0 spiro atoms. The Balaban J connectivity index is 1.92. The van der Waals surface area contributed by atoms with Crippen LogP contribution in [0.15, 0.2) is 17.5 Å². The van der Waals surface area contributed by atoms with Crippen LogP contribution in [0.5, 0.6) is 0 Å². The Morgan fingerprint density at radius 1 is 1.52 bits per heavy atom. The first-order valence-electron chi connectivity index (χ1n) is 6.40. The van der Waals surface area contributed by atoms with E-state index < -0.39 is 12.0 Å². The largest absolute Gasteiger partial charge is 0.467 e. The topological polar surface area (TPSA) is 84.9 Å². The first-order chi connectivity index (χ1) is 10.1. The molecule has 2 rings (SSSR count). The number of hydrogen-bond acceptors (Lipinski definition) is 6. The molecule has 0 aromatic carbocycles. The number of methoxy groups -OCH3 is 1. The Morgan fingerprint density at radius 2 is 2.33 bits per heavy atom. The van der Waals surface area contributed by atoms with Gasteiger partial charge in [-0.25, -0.2) is 4.79 Å². The summed E-state index contributed by atoms with van der Waals surface area (Å²) in [6, 6.07) is 2.68. The minimum Gasteiger partial charge on any atom is -0.467 e. The van der Waals surface area contributed by atoms with Gasteiger partial charge in [0.05, 0.1) is 31.7 Å². The maximum Gasteiger partial charge on any atom is 0.331 e. The third kappa shape index (κ3) is 3.79. The van der Waals surface area contributed by atoms with E-state index in [1.54, 1.807) is 17.5 Å². The molecular weight excluding hydrogens is 296 g/mol. The fourth-order valence-electron chi connectivity index (χ4n) is 1.99. The molecular formula is C13H16N2O5S. The van der Waals surface area contributed by atoms with E-state index in [1.165, 1.54) is 23.3 Å². The maximum absolute atomic E-state index is 12.2. The first-order valence-corrected chi connectivity index (χ1v) is 7.28. The minimum absolute atomic E-state index is 0.108. The summed E-state index contributed by atoms with van der Waals surface area (Å²) in [6.07, 6.45) is 0. The number of rotatable bonds is 4. The van der Waals surface area contributed by atoms with Crippen LogP contribution in [0.2, 0.25) is 0 Å². The number of nitrogens with one attached hydrogen (secondary N) is 1. The van der Waals surface area contributed by atoms with Gasteiger partial charge in [-0.2, -0.15) is 0 Å². The second-order valence-corrected chi connectivity index (χ2v) is 5.31. The maximum atomic E-state index is 12.2. The Bertz CT molecular complexity index is 517. The molecule has 1 atom stereocenters. The van der Waals surface area contributed by atoms with Crippen molar-refractivity contribution >= 4 is 29.1 Å². The van der Waals surface area contributed by atoms with E-state index in [2.05, 4.69) is 10.1 Å². The van der Waals surface area contributed by atoms with Crippen molar-refractivity contribution in [3.63, 3.8) is 0 Å². The van der Waals surface area contributed by atoms with Crippen LogP contribution in [-0.4, -0.2) is 62.1 Å². The van der Waals surface area contributed by atoms with Crippen LogP contribution in [0.3, 0.4) is 0 Å². The fourth-order valence-corrected chi connectivity index (χ4v) is 2.63. The number of morpholine rings is 1. The molecule has 21 heavy (non-hydrogen) atoms. The number of thiophene rings is 1. The molecule has 0 saturated carbocycles. The van der Waals surface area contributed by atoms with Gasteiger partial charge in [0.15, 0.2) is 6.04 Å². The van der Waals surface area contributed by atoms with Gasteiger partial charge in [0.25, 0.3) is 5.91 Å². The molecule has 2 heterocycles. The molecule has 2 amide bonds. The molecule has 0 bridgehead atoms. The molecule has 1 aromatic heterocycles. The lowest BCUT2D eigenvalue weighted by Gasteiger charge is -2.33. The highest BCUT2D eigenvalue weighted by Crippen LogP contribution is 2.10. The summed E-state index contributed by atoms with van der Waals surface area (Å²) < 4.78 is 9.85. The average Bonchev–Trinajstić information content (AvgIpc) is 3.06. The van der Waals surface area contributed by atoms with Crippen molar-refractivity contribution in [3.05, 3.63) is 22.4 Å². The van der Waals surface area contributed by atoms with Gasteiger partial charge in [-0.15, -0.1) is 11.3 Å². The van der Waals surface area contributed by atoms with Crippen LogP contribution in [0, 0.1) is 0 Å². The molecule has 1 saturated heterocycles. The molecule has 7 nitrogen and oxygen atoms in total. The fraction of sp³-hybridized carbons (Fsp3) is 0.462. The summed E-state index contributed by atoms with van der Waals surface area (Å²) in [5, 5.41) is 4.33. The zero-order valence-corrected chi connectivity index (χ0v) is 12.4. The van der Waals surface area contributed by atoms with Gasteiger partial charge in [-0.1, -0.05) is 6.07 Å². The van der Waals surface area contributed by atoms with Crippen molar-refractivity contribution in [1.82, 2.24) is 10.2 Å². The van der Waals surface area contributed by atoms with Gasteiger partial charge < -0.3 is 19.7 Å². The van der Waals surface area contributed by atoms with Crippen LogP contribution in [-0.2, 0) is 19.1 Å². The highest BCUT2D eigenvalue weighted by molar-refractivity contribution is 7.12. The molecule has 8 heteroatoms. The highest BCUT2D eigenvalue weighted by atomic mass is 32.1. The lowest BCUT2D eigenvalue weighted by atomic mass is 10.2. The van der Waals surface area contributed by atoms with Gasteiger partial charge in [-0.3, -0.25) is 9.59 Å². The number of nitrogens with zero attached hydrogens (tertiary/aromatic N) is 1. The number of esters is 1. The van der Waals surface area contributed by atoms with E-state index in [0.29, 0.717) is 18.0 Å². The van der Waals surface area contributed by atoms with E-state index >= 15 is 0 Å². The summed E-state index contributed by atoms with van der Waals surface area (Å²) in [5.41, 5.74) is 0. The van der Waals surface area contributed by atoms with Crippen molar-refractivity contribution in [2.75, 3.05) is 33.4 Å². The van der Waals surface area contributed by atoms with Gasteiger partial charge in [0.2, 0.25) is 5.91 Å². The van der Waals surface area contributed by atoms with Crippen LogP contribution in [0.25, 0.3) is 0 Å². The van der Waals surface area contributed by atoms with E-state index in [0.717, 1.165) is 0 Å². The number of hydrogen-bond donors (Lipinski definition) is 1. The molecule has 1 unspecified atom stereocenters. The number of ether oxygens (including phenoxy) is 2. The zero-order valence-electron chi connectivity index (χ0n) is 11.5. The van der Waals surface area contributed by atoms with Gasteiger partial charge >= 0.3 is 5.97 Å². The van der Waals surface area contributed by atoms with Crippen LogP contribution < -0.4 is 5.32 Å². The van der Waals surface area contributed by atoms with E-state index in [1.807, 2.05) is 0 Å². The van der Waals surface area contributed by atoms with Crippen molar-refractivity contribution in [2.45, 2.75) is 6.04 Å². The molecule has 1 N–H and O–H groups in total. The SMILES string of the molecule is COC(=O)C1COCCN1C(=O)CNC(=O)c1cccs1. The normalized spacial score (nSPS) is 18.1. The quantitative estimate of drug-likeness (QED) is 0.784. The summed E-state index contributed by atoms with van der Waals surface area (Å²) in [5.74, 6) is -1.16. The van der Waals surface area contributed by atoms with E-state index in [4.69, 9.17) is 4.74 Å². The average molecular weight is 312 g/mol. The lowest BCUT2D eigenvalue weighted by molar-refractivity contribution is -0.160. The molecule has 1 aliphatic heterocycles. The smallest absolute Gasteiger partial charge is 0.331 e. The van der Waals surface area contributed by atoms with Crippen LogP contribution >= 0.6 is 11.3 Å². The summed E-state index contributed by atoms with van der Waals surface area (Å²) >= 11 is 1.30. The predicted molar refractivity (Wildman–Crippen MR) is 75.0 cm³/mol. The van der Waals surface area contributed by atoms with Crippen LogP contribution in [0.1, 0.15) is 9.67 Å². The first kappa shape index (κ1) is 15.5.